The quantitative estimate of drug-likeness (QED) is 0.255. The van der Waals surface area contributed by atoms with E-state index in [1.54, 1.807) is 0 Å². The number of hydrogen-bond donors (Lipinski definition) is 4. The number of nitrogens with zero attached hydrogens (tertiary/aromatic N) is 1. The van der Waals surface area contributed by atoms with Crippen LogP contribution in [0.15, 0.2) is 58.3 Å². The number of H-pyrrole nitrogens is 3. The molecule has 37 heavy (non-hydrogen) atoms. The van der Waals surface area contributed by atoms with Crippen LogP contribution in [0.4, 0.5) is 0 Å². The van der Waals surface area contributed by atoms with Crippen molar-refractivity contribution in [3.05, 3.63) is 91.9 Å². The maximum Gasteiger partial charge on any atom is 0.323 e. The Kier molecular flexibility index (Phi) is 6.33. The van der Waals surface area contributed by atoms with Crippen molar-refractivity contribution in [2.24, 2.45) is 0 Å². The second-order valence-electron chi connectivity index (χ2n) is 9.83. The summed E-state index contributed by atoms with van der Waals surface area (Å²) in [6.07, 6.45) is 3.68. The average molecular weight is 498 g/mol. The molecule has 0 aliphatic rings. The summed E-state index contributed by atoms with van der Waals surface area (Å²) in [6.45, 7) is 8.28. The van der Waals surface area contributed by atoms with Crippen LogP contribution in [0.2, 0.25) is 0 Å². The zero-order valence-corrected chi connectivity index (χ0v) is 21.5. The van der Waals surface area contributed by atoms with Crippen LogP contribution in [-0.2, 0) is 13.0 Å². The van der Waals surface area contributed by atoms with E-state index < -0.39 is 0 Å². The third-order valence-corrected chi connectivity index (χ3v) is 6.80. The number of aryl methyl sites for hydroxylation is 2. The molecule has 0 atom stereocenters. The van der Waals surface area contributed by atoms with Gasteiger partial charge in [0.15, 0.2) is 0 Å². The van der Waals surface area contributed by atoms with Crippen molar-refractivity contribution in [2.75, 3.05) is 0 Å². The number of carbonyl (C=O) groups excluding carboxylic acids is 1. The summed E-state index contributed by atoms with van der Waals surface area (Å²) in [7, 11) is 0. The molecule has 0 fully saturated rings. The number of carbonyl (C=O) groups is 1. The molecule has 0 aliphatic carbocycles. The van der Waals surface area contributed by atoms with Crippen molar-refractivity contribution < 1.29 is 4.79 Å². The highest BCUT2D eigenvalue weighted by atomic mass is 16.2. The van der Waals surface area contributed by atoms with E-state index in [2.05, 4.69) is 51.7 Å². The SMILES string of the molecule is CCCc1cc(C)[nH]c(=O)c1CNC(=O)c1cc(-c2ccc3[nH]c(=O)[nH]c3c2)cc2c1ccn2C(C)C. The summed E-state index contributed by atoms with van der Waals surface area (Å²) in [5.74, 6) is -0.244. The monoisotopic (exact) mass is 497 g/mol. The van der Waals surface area contributed by atoms with Crippen LogP contribution < -0.4 is 16.6 Å². The minimum atomic E-state index is -0.259. The van der Waals surface area contributed by atoms with Gasteiger partial charge in [0.1, 0.15) is 0 Å². The Morgan fingerprint density at radius 3 is 2.51 bits per heavy atom. The van der Waals surface area contributed by atoms with Crippen LogP contribution in [0, 0.1) is 6.92 Å². The minimum Gasteiger partial charge on any atom is -0.348 e. The number of aromatic amines is 3. The Hall–Kier alpha value is -4.33. The van der Waals surface area contributed by atoms with E-state index in [9.17, 15) is 14.4 Å². The van der Waals surface area contributed by atoms with Gasteiger partial charge in [0.05, 0.1) is 11.0 Å². The van der Waals surface area contributed by atoms with Crippen molar-refractivity contribution in [3.8, 4) is 11.1 Å². The molecule has 8 nitrogen and oxygen atoms in total. The predicted octanol–water partition coefficient (Wildman–Crippen LogP) is 4.94. The smallest absolute Gasteiger partial charge is 0.323 e. The molecule has 0 unspecified atom stereocenters. The maximum absolute atomic E-state index is 13.6. The number of rotatable bonds is 7. The molecule has 2 aromatic carbocycles. The summed E-state index contributed by atoms with van der Waals surface area (Å²) in [4.78, 5) is 46.4. The highest BCUT2D eigenvalue weighted by Gasteiger charge is 2.18. The van der Waals surface area contributed by atoms with Gasteiger partial charge in [-0.2, -0.15) is 0 Å². The molecule has 190 valence electrons. The largest absolute Gasteiger partial charge is 0.348 e. The Balaban J connectivity index is 1.57. The Morgan fingerprint density at radius 1 is 0.973 bits per heavy atom. The number of aromatic nitrogens is 4. The van der Waals surface area contributed by atoms with E-state index in [1.165, 1.54) is 0 Å². The fourth-order valence-corrected chi connectivity index (χ4v) is 5.01. The van der Waals surface area contributed by atoms with Crippen LogP contribution >= 0.6 is 0 Å². The average Bonchev–Trinajstić information content (AvgIpc) is 3.44. The lowest BCUT2D eigenvalue weighted by Gasteiger charge is -2.14. The topological polar surface area (TPSA) is 116 Å². The fourth-order valence-electron chi connectivity index (χ4n) is 5.01. The standard InChI is InChI=1S/C29H31N5O3/c1-5-6-19-11-17(4)31-28(36)23(19)15-30-27(35)22-12-20(14-26-21(22)9-10-34(26)16(2)3)18-7-8-24-25(13-18)33-29(37)32-24/h7-14,16H,5-6,15H2,1-4H3,(H,30,35)(H,31,36)(H2,32,33,37). The van der Waals surface area contributed by atoms with Crippen molar-refractivity contribution in [1.29, 1.82) is 0 Å². The van der Waals surface area contributed by atoms with E-state index in [4.69, 9.17) is 0 Å². The highest BCUT2D eigenvalue weighted by molar-refractivity contribution is 6.08. The van der Waals surface area contributed by atoms with Gasteiger partial charge in [-0.05, 0) is 80.3 Å². The molecule has 4 N–H and O–H groups in total. The van der Waals surface area contributed by atoms with Crippen LogP contribution in [0.25, 0.3) is 33.1 Å². The number of pyridine rings is 1. The van der Waals surface area contributed by atoms with E-state index >= 15 is 0 Å². The molecule has 0 saturated carbocycles. The van der Waals surface area contributed by atoms with Gasteiger partial charge in [-0.3, -0.25) is 9.59 Å². The summed E-state index contributed by atoms with van der Waals surface area (Å²) in [5, 5.41) is 3.84. The molecular weight excluding hydrogens is 466 g/mol. The predicted molar refractivity (Wildman–Crippen MR) is 147 cm³/mol. The summed E-state index contributed by atoms with van der Waals surface area (Å²) < 4.78 is 2.14. The van der Waals surface area contributed by atoms with Crippen LogP contribution in [0.1, 0.15) is 60.4 Å². The number of amides is 1. The van der Waals surface area contributed by atoms with Gasteiger partial charge in [0.25, 0.3) is 11.5 Å². The molecule has 5 rings (SSSR count). The first-order chi connectivity index (χ1) is 17.7. The van der Waals surface area contributed by atoms with E-state index in [0.29, 0.717) is 16.6 Å². The number of imidazole rings is 1. The molecular formula is C29H31N5O3. The molecule has 0 bridgehead atoms. The first-order valence-electron chi connectivity index (χ1n) is 12.6. The lowest BCUT2D eigenvalue weighted by atomic mass is 9.99. The maximum atomic E-state index is 13.6. The van der Waals surface area contributed by atoms with Gasteiger partial charge in [-0.15, -0.1) is 0 Å². The number of hydrogen-bond acceptors (Lipinski definition) is 3. The van der Waals surface area contributed by atoms with Crippen molar-refractivity contribution in [3.63, 3.8) is 0 Å². The molecule has 0 radical (unpaired) electrons. The third-order valence-electron chi connectivity index (χ3n) is 6.80. The third kappa shape index (κ3) is 4.62. The lowest BCUT2D eigenvalue weighted by molar-refractivity contribution is 0.0952. The normalized spacial score (nSPS) is 11.6. The van der Waals surface area contributed by atoms with E-state index in [0.717, 1.165) is 51.6 Å². The van der Waals surface area contributed by atoms with Gasteiger partial charge in [0.2, 0.25) is 0 Å². The summed E-state index contributed by atoms with van der Waals surface area (Å²) in [5.41, 5.74) is 6.60. The Morgan fingerprint density at radius 2 is 1.76 bits per heavy atom. The van der Waals surface area contributed by atoms with Crippen LogP contribution in [0.3, 0.4) is 0 Å². The minimum absolute atomic E-state index is 0.150. The van der Waals surface area contributed by atoms with E-state index in [-0.39, 0.29) is 29.7 Å². The zero-order valence-electron chi connectivity index (χ0n) is 21.5. The van der Waals surface area contributed by atoms with Gasteiger partial charge in [-0.25, -0.2) is 4.79 Å². The fraction of sp³-hybridized carbons (Fsp3) is 0.276. The lowest BCUT2D eigenvalue weighted by Crippen LogP contribution is -2.28. The second-order valence-corrected chi connectivity index (χ2v) is 9.83. The molecule has 5 aromatic rings. The zero-order chi connectivity index (χ0) is 26.3. The molecule has 8 heteroatoms. The van der Waals surface area contributed by atoms with Gasteiger partial charge >= 0.3 is 5.69 Å². The highest BCUT2D eigenvalue weighted by Crippen LogP contribution is 2.31. The second kappa shape index (κ2) is 9.61. The number of nitrogens with one attached hydrogen (secondary N) is 4. The molecule has 3 aromatic heterocycles. The summed E-state index contributed by atoms with van der Waals surface area (Å²) >= 11 is 0. The molecule has 0 aliphatic heterocycles. The Bertz CT molecular complexity index is 1750. The van der Waals surface area contributed by atoms with Crippen molar-refractivity contribution >= 4 is 27.8 Å². The first-order valence-corrected chi connectivity index (χ1v) is 12.6. The first kappa shape index (κ1) is 24.4. The number of fused-ring (bicyclic) bond motifs is 2. The van der Waals surface area contributed by atoms with Gasteiger partial charge in [-0.1, -0.05) is 19.4 Å². The summed E-state index contributed by atoms with van der Waals surface area (Å²) in [6, 6.07) is 13.8. The molecule has 1 amide bonds. The molecule has 0 saturated heterocycles. The van der Waals surface area contributed by atoms with Crippen LogP contribution in [-0.4, -0.2) is 25.4 Å². The van der Waals surface area contributed by atoms with Crippen molar-refractivity contribution in [1.82, 2.24) is 24.8 Å². The van der Waals surface area contributed by atoms with Gasteiger partial charge in [0, 0.05) is 46.5 Å². The van der Waals surface area contributed by atoms with E-state index in [1.807, 2.05) is 49.5 Å². The Labute approximate surface area is 213 Å². The molecule has 3 heterocycles. The van der Waals surface area contributed by atoms with Crippen LogP contribution in [0.5, 0.6) is 0 Å². The number of benzene rings is 2. The van der Waals surface area contributed by atoms with Gasteiger partial charge < -0.3 is 24.8 Å². The molecule has 0 spiro atoms. The van der Waals surface area contributed by atoms with Crippen molar-refractivity contribution in [2.45, 2.75) is 53.1 Å².